The van der Waals surface area contributed by atoms with Crippen molar-refractivity contribution in [2.75, 3.05) is 32.8 Å². The highest BCUT2D eigenvalue weighted by atomic mass is 19.4. The van der Waals surface area contributed by atoms with Gasteiger partial charge in [0.15, 0.2) is 0 Å². The molecule has 1 aromatic rings. The molecule has 170 valence electrons. The molecule has 4 aliphatic rings. The van der Waals surface area contributed by atoms with Gasteiger partial charge < -0.3 is 19.9 Å². The Balaban J connectivity index is 1.18. The van der Waals surface area contributed by atoms with E-state index in [1.807, 2.05) is 4.90 Å². The van der Waals surface area contributed by atoms with E-state index in [9.17, 15) is 22.8 Å². The zero-order valence-electron chi connectivity index (χ0n) is 17.1. The number of amides is 3. The molecule has 0 radical (unpaired) electrons. The van der Waals surface area contributed by atoms with Crippen LogP contribution in [0, 0.1) is 5.92 Å². The second-order valence-corrected chi connectivity index (χ2v) is 9.08. The molecule has 1 saturated carbocycles. The van der Waals surface area contributed by atoms with Crippen LogP contribution in [0.25, 0.3) is 0 Å². The van der Waals surface area contributed by atoms with Gasteiger partial charge in [0.25, 0.3) is 0 Å². The van der Waals surface area contributed by atoms with E-state index in [4.69, 9.17) is 4.74 Å². The van der Waals surface area contributed by atoms with Gasteiger partial charge in [-0.3, -0.25) is 9.48 Å². The van der Waals surface area contributed by atoms with Crippen LogP contribution in [0.15, 0.2) is 12.4 Å². The average molecular weight is 441 g/mol. The number of fused-ring (bicyclic) bond motifs is 1. The zero-order chi connectivity index (χ0) is 21.8. The van der Waals surface area contributed by atoms with Crippen LogP contribution in [0.4, 0.5) is 18.0 Å². The summed E-state index contributed by atoms with van der Waals surface area (Å²) < 4.78 is 45.9. The van der Waals surface area contributed by atoms with E-state index in [1.165, 1.54) is 4.68 Å². The molecule has 8 nitrogen and oxygen atoms in total. The fourth-order valence-corrected chi connectivity index (χ4v) is 5.35. The van der Waals surface area contributed by atoms with Crippen molar-refractivity contribution in [1.29, 1.82) is 0 Å². The largest absolute Gasteiger partial charge is 0.419 e. The number of nitrogens with one attached hydrogen (secondary N) is 1. The summed E-state index contributed by atoms with van der Waals surface area (Å²) in [6.07, 6.45) is 1.40. The number of halogens is 3. The highest BCUT2D eigenvalue weighted by Crippen LogP contribution is 2.53. The first-order chi connectivity index (χ1) is 14.8. The van der Waals surface area contributed by atoms with Gasteiger partial charge in [-0.1, -0.05) is 0 Å². The van der Waals surface area contributed by atoms with Crippen molar-refractivity contribution in [1.82, 2.24) is 24.9 Å². The first-order valence-electron chi connectivity index (χ1n) is 10.8. The molecule has 1 aliphatic carbocycles. The topological polar surface area (TPSA) is 79.7 Å². The van der Waals surface area contributed by atoms with Gasteiger partial charge in [0, 0.05) is 32.4 Å². The number of hydrogen-bond donors (Lipinski definition) is 1. The number of nitrogens with zero attached hydrogens (tertiary/aromatic N) is 4. The van der Waals surface area contributed by atoms with Crippen molar-refractivity contribution in [3.05, 3.63) is 18.0 Å². The van der Waals surface area contributed by atoms with Gasteiger partial charge in [-0.25, -0.2) is 4.79 Å². The van der Waals surface area contributed by atoms with Crippen molar-refractivity contribution in [2.45, 2.75) is 56.0 Å². The Hall–Kier alpha value is -2.30. The van der Waals surface area contributed by atoms with Crippen LogP contribution in [-0.2, 0) is 21.2 Å². The second-order valence-electron chi connectivity index (χ2n) is 9.08. The first kappa shape index (κ1) is 20.6. The summed E-state index contributed by atoms with van der Waals surface area (Å²) in [6, 6.07) is -0.214. The molecule has 3 saturated heterocycles. The van der Waals surface area contributed by atoms with Crippen molar-refractivity contribution >= 4 is 11.9 Å². The van der Waals surface area contributed by atoms with Gasteiger partial charge in [-0.15, -0.1) is 0 Å². The molecule has 11 heteroatoms. The van der Waals surface area contributed by atoms with Crippen LogP contribution in [0.5, 0.6) is 0 Å². The number of carbonyl (C=O) groups excluding carboxylic acids is 2. The minimum absolute atomic E-state index is 0.0417. The maximum Gasteiger partial charge on any atom is 0.419 e. The number of piperidine rings is 2. The Kier molecular flexibility index (Phi) is 4.91. The van der Waals surface area contributed by atoms with Crippen molar-refractivity contribution in [2.24, 2.45) is 5.92 Å². The maximum atomic E-state index is 13.0. The summed E-state index contributed by atoms with van der Waals surface area (Å²) in [5.41, 5.74) is -1.06. The molecule has 1 aromatic heterocycles. The van der Waals surface area contributed by atoms with Gasteiger partial charge in [0.2, 0.25) is 5.91 Å². The Labute approximate surface area is 177 Å². The Morgan fingerprint density at radius 3 is 2.52 bits per heavy atom. The first-order valence-corrected chi connectivity index (χ1v) is 10.8. The molecule has 2 atom stereocenters. The van der Waals surface area contributed by atoms with Crippen LogP contribution in [-0.4, -0.2) is 76.5 Å². The number of alkyl halides is 3. The van der Waals surface area contributed by atoms with E-state index in [1.54, 1.807) is 4.90 Å². The smallest absolute Gasteiger partial charge is 0.366 e. The fourth-order valence-electron chi connectivity index (χ4n) is 5.35. The average Bonchev–Trinajstić information content (AvgIpc) is 3.39. The molecule has 2 unspecified atom stereocenters. The van der Waals surface area contributed by atoms with Crippen LogP contribution >= 0.6 is 0 Å². The molecular formula is C20H26F3N5O3. The monoisotopic (exact) mass is 441 g/mol. The van der Waals surface area contributed by atoms with Crippen molar-refractivity contribution in [3.63, 3.8) is 0 Å². The summed E-state index contributed by atoms with van der Waals surface area (Å²) in [5.74, 6) is 0.0488. The lowest BCUT2D eigenvalue weighted by atomic mass is 9.87. The molecule has 0 bridgehead atoms. The minimum Gasteiger partial charge on any atom is -0.366 e. The third kappa shape index (κ3) is 3.77. The fraction of sp³-hybridized carbons (Fsp3) is 0.750. The van der Waals surface area contributed by atoms with Crippen LogP contribution in [0.2, 0.25) is 0 Å². The number of aromatic nitrogens is 2. The Morgan fingerprint density at radius 1 is 1.16 bits per heavy atom. The predicted molar refractivity (Wildman–Crippen MR) is 102 cm³/mol. The molecule has 3 aliphatic heterocycles. The lowest BCUT2D eigenvalue weighted by Crippen LogP contribution is -2.62. The normalized spacial score (nSPS) is 28.8. The van der Waals surface area contributed by atoms with E-state index in [2.05, 4.69) is 10.4 Å². The number of urea groups is 1. The second kappa shape index (κ2) is 7.39. The summed E-state index contributed by atoms with van der Waals surface area (Å²) in [6.45, 7) is 2.25. The van der Waals surface area contributed by atoms with Crippen molar-refractivity contribution in [3.8, 4) is 0 Å². The standard InChI is InChI=1S/C20H26F3N5O3/c21-20(22,23)14-9-24-28(10-14)19(4-5-19)13-1-6-26(7-2-13)18(30)27-8-3-16-15(11-27)25-17(29)12-31-16/h9-10,13,15-16H,1-8,11-12H2,(H,25,29). The third-order valence-corrected chi connectivity index (χ3v) is 7.25. The summed E-state index contributed by atoms with van der Waals surface area (Å²) in [7, 11) is 0. The molecule has 0 spiro atoms. The predicted octanol–water partition coefficient (Wildman–Crippen LogP) is 1.81. The maximum absolute atomic E-state index is 13.0. The van der Waals surface area contributed by atoms with E-state index in [-0.39, 0.29) is 42.1 Å². The minimum atomic E-state index is -4.39. The third-order valence-electron chi connectivity index (χ3n) is 7.25. The molecular weight excluding hydrogens is 415 g/mol. The zero-order valence-corrected chi connectivity index (χ0v) is 17.1. The molecule has 0 aromatic carbocycles. The van der Waals surface area contributed by atoms with Crippen LogP contribution < -0.4 is 5.32 Å². The van der Waals surface area contributed by atoms with E-state index >= 15 is 0 Å². The highest BCUT2D eigenvalue weighted by Gasteiger charge is 2.53. The van der Waals surface area contributed by atoms with Gasteiger partial charge in [0.1, 0.15) is 6.61 Å². The van der Waals surface area contributed by atoms with Crippen LogP contribution in [0.3, 0.4) is 0 Å². The summed E-state index contributed by atoms with van der Waals surface area (Å²) in [4.78, 5) is 28.2. The molecule has 5 rings (SSSR count). The molecule has 4 heterocycles. The molecule has 1 N–H and O–H groups in total. The van der Waals surface area contributed by atoms with Crippen LogP contribution in [0.1, 0.15) is 37.7 Å². The summed E-state index contributed by atoms with van der Waals surface area (Å²) in [5, 5.41) is 6.93. The van der Waals surface area contributed by atoms with E-state index in [0.717, 1.165) is 38.1 Å². The number of carbonyl (C=O) groups is 2. The highest BCUT2D eigenvalue weighted by molar-refractivity contribution is 5.79. The number of rotatable bonds is 2. The molecule has 31 heavy (non-hydrogen) atoms. The Bertz CT molecular complexity index is 860. The number of morpholine rings is 1. The van der Waals surface area contributed by atoms with Gasteiger partial charge in [0.05, 0.1) is 29.4 Å². The summed E-state index contributed by atoms with van der Waals surface area (Å²) >= 11 is 0. The molecule has 3 amide bonds. The lowest BCUT2D eigenvalue weighted by molar-refractivity contribution is -0.140. The van der Waals surface area contributed by atoms with Gasteiger partial charge >= 0.3 is 12.2 Å². The van der Waals surface area contributed by atoms with E-state index < -0.39 is 11.7 Å². The van der Waals surface area contributed by atoms with Gasteiger partial charge in [-0.2, -0.15) is 18.3 Å². The van der Waals surface area contributed by atoms with Crippen molar-refractivity contribution < 1.29 is 27.5 Å². The van der Waals surface area contributed by atoms with E-state index in [0.29, 0.717) is 32.6 Å². The van der Waals surface area contributed by atoms with Gasteiger partial charge in [-0.05, 0) is 38.0 Å². The quantitative estimate of drug-likeness (QED) is 0.759. The SMILES string of the molecule is O=C1COC2CCN(C(=O)N3CCC(C4(n5cc(C(F)(F)F)cn5)CC4)CC3)CC2N1. The number of likely N-dealkylation sites (tertiary alicyclic amines) is 2. The molecule has 4 fully saturated rings. The lowest BCUT2D eigenvalue weighted by Gasteiger charge is -2.44. The number of ether oxygens (including phenoxy) is 1. The number of hydrogen-bond acceptors (Lipinski definition) is 4. The Morgan fingerprint density at radius 2 is 1.87 bits per heavy atom.